The minimum absolute atomic E-state index is 0. The van der Waals surface area contributed by atoms with Crippen molar-refractivity contribution < 1.29 is 4.79 Å². The van der Waals surface area contributed by atoms with E-state index in [1.54, 1.807) is 6.33 Å². The van der Waals surface area contributed by atoms with Crippen LogP contribution in [0.2, 0.25) is 0 Å². The van der Waals surface area contributed by atoms with Crippen LogP contribution in [-0.4, -0.2) is 31.7 Å². The summed E-state index contributed by atoms with van der Waals surface area (Å²) in [4.78, 5) is 16.8. The summed E-state index contributed by atoms with van der Waals surface area (Å²) in [5, 5.41) is 9.88. The van der Waals surface area contributed by atoms with Crippen LogP contribution in [-0.2, 0) is 24.2 Å². The molecule has 3 aromatic rings. The van der Waals surface area contributed by atoms with Crippen molar-refractivity contribution in [3.05, 3.63) is 65.9 Å². The standard InChI is InChI=1S/C21H28N6O.2ClH/c1-21(2,3)11-16-10-19(26-25-16)24-20(28)18(22)9-17-13-27(14-23-17)12-15-7-5-4-6-8-15;;/h4-8,10,13-14,18H,9,11-12,22H2,1-3H3,(H2,24,25,26,28);2*1H/t18-;;/m0../s1. The Balaban J connectivity index is 0.00000225. The molecule has 1 amide bonds. The number of aromatic nitrogens is 4. The highest BCUT2D eigenvalue weighted by Gasteiger charge is 2.18. The van der Waals surface area contributed by atoms with E-state index in [1.165, 1.54) is 5.56 Å². The van der Waals surface area contributed by atoms with Gasteiger partial charge in [0.2, 0.25) is 5.91 Å². The molecule has 0 aliphatic rings. The minimum Gasteiger partial charge on any atom is -0.333 e. The first-order chi connectivity index (χ1) is 13.3. The maximum atomic E-state index is 12.4. The number of rotatable bonds is 7. The second-order valence-electron chi connectivity index (χ2n) is 8.34. The largest absolute Gasteiger partial charge is 0.333 e. The molecule has 2 aromatic heterocycles. The van der Waals surface area contributed by atoms with E-state index in [0.717, 1.165) is 24.4 Å². The number of imidazole rings is 1. The predicted molar refractivity (Wildman–Crippen MR) is 124 cm³/mol. The van der Waals surface area contributed by atoms with Gasteiger partial charge in [-0.25, -0.2) is 4.98 Å². The molecule has 1 atom stereocenters. The van der Waals surface area contributed by atoms with Gasteiger partial charge in [-0.05, 0) is 17.4 Å². The molecule has 0 aliphatic carbocycles. The number of hydrogen-bond donors (Lipinski definition) is 3. The third-order valence-electron chi connectivity index (χ3n) is 4.26. The van der Waals surface area contributed by atoms with Gasteiger partial charge < -0.3 is 15.6 Å². The smallest absolute Gasteiger partial charge is 0.242 e. The average Bonchev–Trinajstić information content (AvgIpc) is 3.23. The Kier molecular flexibility index (Phi) is 9.55. The van der Waals surface area contributed by atoms with Crippen LogP contribution >= 0.6 is 24.8 Å². The second kappa shape index (κ2) is 11.2. The Morgan fingerprint density at radius 1 is 1.23 bits per heavy atom. The van der Waals surface area contributed by atoms with Gasteiger partial charge in [-0.15, -0.1) is 24.8 Å². The van der Waals surface area contributed by atoms with Crippen LogP contribution < -0.4 is 11.1 Å². The van der Waals surface area contributed by atoms with E-state index >= 15 is 0 Å². The Labute approximate surface area is 189 Å². The number of anilines is 1. The number of nitrogens with two attached hydrogens (primary N) is 1. The van der Waals surface area contributed by atoms with Gasteiger partial charge in [0.25, 0.3) is 0 Å². The van der Waals surface area contributed by atoms with Crippen LogP contribution in [0.5, 0.6) is 0 Å². The Morgan fingerprint density at radius 2 is 1.93 bits per heavy atom. The molecule has 0 unspecified atom stereocenters. The van der Waals surface area contributed by atoms with E-state index in [4.69, 9.17) is 5.73 Å². The Bertz CT molecular complexity index is 917. The van der Waals surface area contributed by atoms with Crippen LogP contribution in [0.25, 0.3) is 0 Å². The molecular weight excluding hydrogens is 423 g/mol. The Morgan fingerprint density at radius 3 is 2.60 bits per heavy atom. The van der Waals surface area contributed by atoms with Gasteiger partial charge in [-0.2, -0.15) is 5.10 Å². The predicted octanol–water partition coefficient (Wildman–Crippen LogP) is 3.60. The number of halogens is 2. The number of hydrogen-bond acceptors (Lipinski definition) is 4. The number of carbonyl (C=O) groups excluding carboxylic acids is 1. The highest BCUT2D eigenvalue weighted by molar-refractivity contribution is 5.94. The first-order valence-corrected chi connectivity index (χ1v) is 9.44. The van der Waals surface area contributed by atoms with E-state index in [9.17, 15) is 4.79 Å². The topological polar surface area (TPSA) is 102 Å². The monoisotopic (exact) mass is 452 g/mol. The molecular formula is C21H30Cl2N6O. The van der Waals surface area contributed by atoms with Crippen LogP contribution in [0.1, 0.15) is 37.7 Å². The lowest BCUT2D eigenvalue weighted by molar-refractivity contribution is -0.117. The van der Waals surface area contributed by atoms with E-state index < -0.39 is 6.04 Å². The number of H-pyrrole nitrogens is 1. The van der Waals surface area contributed by atoms with E-state index in [2.05, 4.69) is 53.4 Å². The zero-order valence-electron chi connectivity index (χ0n) is 17.5. The summed E-state index contributed by atoms with van der Waals surface area (Å²) in [6.07, 6.45) is 4.91. The van der Waals surface area contributed by atoms with Crippen molar-refractivity contribution in [1.29, 1.82) is 0 Å². The third kappa shape index (κ3) is 7.82. The third-order valence-corrected chi connectivity index (χ3v) is 4.26. The summed E-state index contributed by atoms with van der Waals surface area (Å²) < 4.78 is 1.99. The number of benzene rings is 1. The molecule has 0 saturated heterocycles. The summed E-state index contributed by atoms with van der Waals surface area (Å²) >= 11 is 0. The molecule has 4 N–H and O–H groups in total. The van der Waals surface area contributed by atoms with Gasteiger partial charge in [0.1, 0.15) is 0 Å². The molecule has 2 heterocycles. The second-order valence-corrected chi connectivity index (χ2v) is 8.34. The molecule has 3 rings (SSSR count). The van der Waals surface area contributed by atoms with Gasteiger partial charge in [-0.3, -0.25) is 9.89 Å². The van der Waals surface area contributed by atoms with Gasteiger partial charge in [0.05, 0.1) is 18.1 Å². The summed E-state index contributed by atoms with van der Waals surface area (Å²) in [5.41, 5.74) is 9.17. The molecule has 0 fully saturated rings. The van der Waals surface area contributed by atoms with Crippen molar-refractivity contribution in [2.24, 2.45) is 11.1 Å². The molecule has 9 heteroatoms. The summed E-state index contributed by atoms with van der Waals surface area (Å²) in [7, 11) is 0. The molecule has 0 bridgehead atoms. The number of carbonyl (C=O) groups is 1. The van der Waals surface area contributed by atoms with Gasteiger partial charge >= 0.3 is 0 Å². The van der Waals surface area contributed by atoms with Crippen LogP contribution in [0.4, 0.5) is 5.82 Å². The fraction of sp³-hybridized carbons (Fsp3) is 0.381. The normalized spacial score (nSPS) is 11.9. The van der Waals surface area contributed by atoms with Gasteiger partial charge in [0.15, 0.2) is 5.82 Å². The molecule has 30 heavy (non-hydrogen) atoms. The van der Waals surface area contributed by atoms with E-state index in [-0.39, 0.29) is 36.1 Å². The SMILES string of the molecule is CC(C)(C)Cc1cc(NC(=O)[C@@H](N)Cc2cn(Cc3ccccc3)cn2)n[nH]1.Cl.Cl. The quantitative estimate of drug-likeness (QED) is 0.509. The van der Waals surface area contributed by atoms with E-state index in [0.29, 0.717) is 12.2 Å². The highest BCUT2D eigenvalue weighted by atomic mass is 35.5. The maximum Gasteiger partial charge on any atom is 0.242 e. The number of nitrogens with one attached hydrogen (secondary N) is 2. The fourth-order valence-corrected chi connectivity index (χ4v) is 3.02. The fourth-order valence-electron chi connectivity index (χ4n) is 3.02. The first kappa shape index (κ1) is 25.7. The van der Waals surface area contributed by atoms with Crippen molar-refractivity contribution >= 4 is 36.5 Å². The van der Waals surface area contributed by atoms with Gasteiger partial charge in [-0.1, -0.05) is 51.1 Å². The number of amides is 1. The van der Waals surface area contributed by atoms with Gasteiger partial charge in [0, 0.05) is 30.9 Å². The van der Waals surface area contributed by atoms with Crippen molar-refractivity contribution in [2.75, 3.05) is 5.32 Å². The first-order valence-electron chi connectivity index (χ1n) is 9.44. The molecule has 7 nitrogen and oxygen atoms in total. The van der Waals surface area contributed by atoms with Crippen LogP contribution in [0.3, 0.4) is 0 Å². The van der Waals surface area contributed by atoms with Crippen molar-refractivity contribution in [3.8, 4) is 0 Å². The molecule has 0 radical (unpaired) electrons. The molecule has 0 aliphatic heterocycles. The van der Waals surface area contributed by atoms with E-state index in [1.807, 2.05) is 35.0 Å². The summed E-state index contributed by atoms with van der Waals surface area (Å²) in [6, 6.07) is 11.3. The molecule has 1 aromatic carbocycles. The van der Waals surface area contributed by atoms with Crippen molar-refractivity contribution in [3.63, 3.8) is 0 Å². The lowest BCUT2D eigenvalue weighted by Gasteiger charge is -2.15. The zero-order chi connectivity index (χ0) is 20.1. The maximum absolute atomic E-state index is 12.4. The van der Waals surface area contributed by atoms with Crippen molar-refractivity contribution in [2.45, 2.75) is 46.2 Å². The Hall–Kier alpha value is -2.35. The average molecular weight is 453 g/mol. The van der Waals surface area contributed by atoms with Crippen molar-refractivity contribution in [1.82, 2.24) is 19.7 Å². The minimum atomic E-state index is -0.692. The number of aromatic amines is 1. The van der Waals surface area contributed by atoms with Crippen LogP contribution in [0.15, 0.2) is 48.9 Å². The molecule has 0 saturated carbocycles. The molecule has 0 spiro atoms. The highest BCUT2D eigenvalue weighted by Crippen LogP contribution is 2.20. The summed E-state index contributed by atoms with van der Waals surface area (Å²) in [6.45, 7) is 7.19. The zero-order valence-corrected chi connectivity index (χ0v) is 19.1. The lowest BCUT2D eigenvalue weighted by atomic mass is 9.91. The van der Waals surface area contributed by atoms with Crippen LogP contribution in [0, 0.1) is 5.41 Å². The number of nitrogens with zero attached hydrogens (tertiary/aromatic N) is 3. The molecule has 164 valence electrons. The summed E-state index contributed by atoms with van der Waals surface area (Å²) in [5.74, 6) is 0.223. The lowest BCUT2D eigenvalue weighted by Crippen LogP contribution is -2.37.